The number of piperazine rings is 1. The summed E-state index contributed by atoms with van der Waals surface area (Å²) in [5.74, 6) is 0.399. The van der Waals surface area contributed by atoms with E-state index in [0.29, 0.717) is 18.9 Å². The van der Waals surface area contributed by atoms with Gasteiger partial charge in [0.15, 0.2) is 0 Å². The summed E-state index contributed by atoms with van der Waals surface area (Å²) < 4.78 is 37.3. The van der Waals surface area contributed by atoms with E-state index in [0.717, 1.165) is 19.2 Å². The van der Waals surface area contributed by atoms with Gasteiger partial charge in [0.2, 0.25) is 0 Å². The molecule has 0 amide bonds. The minimum absolute atomic E-state index is 0. The third kappa shape index (κ3) is 4.19. The summed E-state index contributed by atoms with van der Waals surface area (Å²) in [6.07, 6.45) is -4.37. The number of rotatable bonds is 1. The first-order chi connectivity index (χ1) is 7.57. The van der Waals surface area contributed by atoms with Gasteiger partial charge in [-0.05, 0) is 12.1 Å². The Balaban J connectivity index is 0.00000144. The lowest BCUT2D eigenvalue weighted by Crippen LogP contribution is -2.44. The molecule has 104 valence electrons. The molecule has 0 aromatic carbocycles. The molecule has 0 unspecified atom stereocenters. The van der Waals surface area contributed by atoms with Crippen LogP contribution in [0.5, 0.6) is 0 Å². The van der Waals surface area contributed by atoms with Crippen LogP contribution in [-0.4, -0.2) is 31.2 Å². The molecule has 18 heavy (non-hydrogen) atoms. The van der Waals surface area contributed by atoms with E-state index >= 15 is 0 Å². The molecule has 8 heteroatoms. The van der Waals surface area contributed by atoms with Crippen molar-refractivity contribution in [3.63, 3.8) is 0 Å². The molecule has 1 saturated heterocycles. The van der Waals surface area contributed by atoms with Crippen molar-refractivity contribution in [3.8, 4) is 0 Å². The maximum atomic E-state index is 12.4. The van der Waals surface area contributed by atoms with Gasteiger partial charge in [0, 0.05) is 26.2 Å². The Kier molecular flexibility index (Phi) is 6.73. The average Bonchev–Trinajstić information content (AvgIpc) is 2.29. The lowest BCUT2D eigenvalue weighted by Gasteiger charge is -2.28. The molecule has 1 N–H and O–H groups in total. The second-order valence-electron chi connectivity index (χ2n) is 3.62. The molecule has 1 aromatic heterocycles. The quantitative estimate of drug-likeness (QED) is 0.863. The highest BCUT2D eigenvalue weighted by Gasteiger charge is 2.32. The summed E-state index contributed by atoms with van der Waals surface area (Å²) in [6, 6.07) is 4.00. The Hall–Kier alpha value is -0.720. The second kappa shape index (κ2) is 7.01. The zero-order valence-electron chi connectivity index (χ0n) is 9.41. The number of anilines is 1. The number of halogens is 5. The smallest absolute Gasteiger partial charge is 0.354 e. The molecule has 1 aliphatic heterocycles. The zero-order chi connectivity index (χ0) is 11.6. The number of alkyl halides is 3. The summed E-state index contributed by atoms with van der Waals surface area (Å²) in [5, 5.41) is 3.14. The number of nitrogens with one attached hydrogen (secondary N) is 1. The van der Waals surface area contributed by atoms with Gasteiger partial charge in [-0.1, -0.05) is 6.07 Å². The fourth-order valence-electron chi connectivity index (χ4n) is 1.65. The van der Waals surface area contributed by atoms with Crippen molar-refractivity contribution < 1.29 is 13.2 Å². The van der Waals surface area contributed by atoms with Crippen LogP contribution in [0.25, 0.3) is 0 Å². The SMILES string of the molecule is Cl.Cl.FC(F)(F)c1cccc(N2CCNCC2)n1. The van der Waals surface area contributed by atoms with Crippen LogP contribution in [0.3, 0.4) is 0 Å². The molecule has 1 aliphatic rings. The number of hydrogen-bond donors (Lipinski definition) is 1. The van der Waals surface area contributed by atoms with Gasteiger partial charge in [0.25, 0.3) is 0 Å². The third-order valence-corrected chi connectivity index (χ3v) is 2.47. The lowest BCUT2D eigenvalue weighted by atomic mass is 10.3. The van der Waals surface area contributed by atoms with E-state index in [1.54, 1.807) is 6.07 Å². The summed E-state index contributed by atoms with van der Waals surface area (Å²) in [4.78, 5) is 5.49. The molecule has 2 heterocycles. The van der Waals surface area contributed by atoms with Gasteiger partial charge in [-0.3, -0.25) is 0 Å². The van der Waals surface area contributed by atoms with Crippen LogP contribution in [-0.2, 0) is 6.18 Å². The second-order valence-corrected chi connectivity index (χ2v) is 3.62. The maximum Gasteiger partial charge on any atom is 0.433 e. The van der Waals surface area contributed by atoms with Crippen molar-refractivity contribution in [2.75, 3.05) is 31.1 Å². The monoisotopic (exact) mass is 303 g/mol. The van der Waals surface area contributed by atoms with Crippen LogP contribution in [0.4, 0.5) is 19.0 Å². The van der Waals surface area contributed by atoms with Crippen LogP contribution in [0.15, 0.2) is 18.2 Å². The number of pyridine rings is 1. The third-order valence-electron chi connectivity index (χ3n) is 2.47. The van der Waals surface area contributed by atoms with E-state index in [1.165, 1.54) is 6.07 Å². The predicted octanol–water partition coefficient (Wildman–Crippen LogP) is 2.35. The Morgan fingerprint density at radius 2 is 1.72 bits per heavy atom. The highest BCUT2D eigenvalue weighted by molar-refractivity contribution is 5.85. The molecule has 2 rings (SSSR count). The number of hydrogen-bond acceptors (Lipinski definition) is 3. The van der Waals surface area contributed by atoms with Gasteiger partial charge in [-0.15, -0.1) is 24.8 Å². The average molecular weight is 304 g/mol. The van der Waals surface area contributed by atoms with Crippen LogP contribution in [0.1, 0.15) is 5.69 Å². The summed E-state index contributed by atoms with van der Waals surface area (Å²) in [5.41, 5.74) is -0.830. The van der Waals surface area contributed by atoms with Gasteiger partial charge in [-0.25, -0.2) is 4.98 Å². The predicted molar refractivity (Wildman–Crippen MR) is 68.8 cm³/mol. The minimum atomic E-state index is -4.37. The Bertz CT molecular complexity index is 368. The fourth-order valence-corrected chi connectivity index (χ4v) is 1.65. The molecular formula is C10H14Cl2F3N3. The van der Waals surface area contributed by atoms with E-state index in [-0.39, 0.29) is 24.8 Å². The summed E-state index contributed by atoms with van der Waals surface area (Å²) >= 11 is 0. The molecule has 1 aromatic rings. The Labute approximate surface area is 116 Å². The van der Waals surface area contributed by atoms with Crippen LogP contribution in [0, 0.1) is 0 Å². The zero-order valence-corrected chi connectivity index (χ0v) is 11.0. The first-order valence-corrected chi connectivity index (χ1v) is 5.07. The van der Waals surface area contributed by atoms with E-state index < -0.39 is 11.9 Å². The normalized spacial score (nSPS) is 15.6. The standard InChI is InChI=1S/C10H12F3N3.2ClH/c11-10(12,13)8-2-1-3-9(15-8)16-6-4-14-5-7-16;;/h1-3,14H,4-7H2;2*1H. The molecule has 0 aliphatic carbocycles. The molecule has 0 atom stereocenters. The van der Waals surface area contributed by atoms with E-state index in [2.05, 4.69) is 10.3 Å². The maximum absolute atomic E-state index is 12.4. The number of aromatic nitrogens is 1. The van der Waals surface area contributed by atoms with Crippen molar-refractivity contribution >= 4 is 30.6 Å². The van der Waals surface area contributed by atoms with Gasteiger partial charge < -0.3 is 10.2 Å². The van der Waals surface area contributed by atoms with Crippen molar-refractivity contribution in [3.05, 3.63) is 23.9 Å². The van der Waals surface area contributed by atoms with Gasteiger partial charge in [-0.2, -0.15) is 13.2 Å². The molecule has 0 radical (unpaired) electrons. The van der Waals surface area contributed by atoms with Gasteiger partial charge in [0.1, 0.15) is 11.5 Å². The highest BCUT2D eigenvalue weighted by Crippen LogP contribution is 2.28. The molecular weight excluding hydrogens is 290 g/mol. The minimum Gasteiger partial charge on any atom is -0.354 e. The van der Waals surface area contributed by atoms with Gasteiger partial charge >= 0.3 is 6.18 Å². The van der Waals surface area contributed by atoms with Crippen molar-refractivity contribution in [2.45, 2.75) is 6.18 Å². The van der Waals surface area contributed by atoms with E-state index in [1.807, 2.05) is 4.90 Å². The van der Waals surface area contributed by atoms with Crippen LogP contribution >= 0.6 is 24.8 Å². The topological polar surface area (TPSA) is 28.2 Å². The largest absolute Gasteiger partial charge is 0.433 e. The summed E-state index contributed by atoms with van der Waals surface area (Å²) in [7, 11) is 0. The lowest BCUT2D eigenvalue weighted by molar-refractivity contribution is -0.141. The first kappa shape index (κ1) is 17.3. The Morgan fingerprint density at radius 3 is 2.28 bits per heavy atom. The van der Waals surface area contributed by atoms with E-state index in [9.17, 15) is 13.2 Å². The first-order valence-electron chi connectivity index (χ1n) is 5.07. The molecule has 0 spiro atoms. The molecule has 3 nitrogen and oxygen atoms in total. The van der Waals surface area contributed by atoms with Crippen LogP contribution < -0.4 is 10.2 Å². The molecule has 1 fully saturated rings. The molecule has 0 saturated carbocycles. The van der Waals surface area contributed by atoms with Crippen LogP contribution in [0.2, 0.25) is 0 Å². The van der Waals surface area contributed by atoms with Crippen molar-refractivity contribution in [2.24, 2.45) is 0 Å². The fraction of sp³-hybridized carbons (Fsp3) is 0.500. The Morgan fingerprint density at radius 1 is 1.11 bits per heavy atom. The van der Waals surface area contributed by atoms with E-state index in [4.69, 9.17) is 0 Å². The highest BCUT2D eigenvalue weighted by atomic mass is 35.5. The number of nitrogens with zero attached hydrogens (tertiary/aromatic N) is 2. The van der Waals surface area contributed by atoms with Gasteiger partial charge in [0.05, 0.1) is 0 Å². The van der Waals surface area contributed by atoms with Crippen molar-refractivity contribution in [1.29, 1.82) is 0 Å². The molecule has 0 bridgehead atoms. The summed E-state index contributed by atoms with van der Waals surface area (Å²) in [6.45, 7) is 2.93. The van der Waals surface area contributed by atoms with Crippen molar-refractivity contribution in [1.82, 2.24) is 10.3 Å².